The summed E-state index contributed by atoms with van der Waals surface area (Å²) in [6.45, 7) is 9.88. The SMILES string of the molecule is CC1C(=O)C(C(C)(C)CCCNC(=O)CCN(C)c2ccncc2)NC1(C)C(=O)C(N)CCCCNC(=O)CCN(C)c1ccncc1. The van der Waals surface area contributed by atoms with Crippen molar-refractivity contribution >= 4 is 34.8 Å². The molecule has 3 heterocycles. The molecule has 3 rings (SSSR count). The van der Waals surface area contributed by atoms with Crippen LogP contribution in [0.25, 0.3) is 0 Å². The topological polar surface area (TPSA) is 163 Å². The van der Waals surface area contributed by atoms with E-state index < -0.39 is 29.0 Å². The van der Waals surface area contributed by atoms with Gasteiger partial charge in [-0.05, 0) is 68.7 Å². The molecule has 4 atom stereocenters. The minimum absolute atomic E-state index is 0.0169. The number of Topliss-reactive ketones (excluding diaryl/α,β-unsaturated/α-hetero) is 2. The zero-order valence-electron chi connectivity index (χ0n) is 29.6. The van der Waals surface area contributed by atoms with Gasteiger partial charge in [-0.15, -0.1) is 0 Å². The monoisotopic (exact) mass is 664 g/mol. The Balaban J connectivity index is 1.36. The second-order valence-electron chi connectivity index (χ2n) is 13.9. The molecule has 0 aromatic carbocycles. The molecular formula is C36H56N8O4. The maximum Gasteiger partial charge on any atom is 0.221 e. The lowest BCUT2D eigenvalue weighted by Crippen LogP contribution is -2.58. The predicted molar refractivity (Wildman–Crippen MR) is 190 cm³/mol. The number of carbonyl (C=O) groups is 4. The number of rotatable bonds is 20. The van der Waals surface area contributed by atoms with E-state index >= 15 is 0 Å². The summed E-state index contributed by atoms with van der Waals surface area (Å²) in [5, 5.41) is 9.34. The van der Waals surface area contributed by atoms with Gasteiger partial charge in [0.25, 0.3) is 0 Å². The van der Waals surface area contributed by atoms with Crippen molar-refractivity contribution in [2.24, 2.45) is 17.1 Å². The summed E-state index contributed by atoms with van der Waals surface area (Å²) in [5.74, 6) is -0.691. The average molecular weight is 665 g/mol. The van der Waals surface area contributed by atoms with E-state index in [0.717, 1.165) is 11.4 Å². The Morgan fingerprint density at radius 1 is 0.896 bits per heavy atom. The van der Waals surface area contributed by atoms with Gasteiger partial charge >= 0.3 is 0 Å². The fourth-order valence-electron chi connectivity index (χ4n) is 6.22. The summed E-state index contributed by atoms with van der Waals surface area (Å²) in [6.07, 6.45) is 10.9. The Labute approximate surface area is 286 Å². The lowest BCUT2D eigenvalue weighted by molar-refractivity contribution is -0.130. The van der Waals surface area contributed by atoms with Gasteiger partial charge in [-0.2, -0.15) is 0 Å². The average Bonchev–Trinajstić information content (AvgIpc) is 3.33. The minimum atomic E-state index is -1.05. The van der Waals surface area contributed by atoms with Crippen molar-refractivity contribution in [3.8, 4) is 0 Å². The van der Waals surface area contributed by atoms with E-state index in [4.69, 9.17) is 5.73 Å². The molecular weight excluding hydrogens is 608 g/mol. The van der Waals surface area contributed by atoms with E-state index in [1.807, 2.05) is 62.0 Å². The van der Waals surface area contributed by atoms with Gasteiger partial charge < -0.3 is 26.2 Å². The van der Waals surface area contributed by atoms with Crippen LogP contribution in [-0.2, 0) is 19.2 Å². The highest BCUT2D eigenvalue weighted by molar-refractivity contribution is 6.03. The summed E-state index contributed by atoms with van der Waals surface area (Å²) >= 11 is 0. The Kier molecular flexibility index (Phi) is 14.5. The smallest absolute Gasteiger partial charge is 0.221 e. The fourth-order valence-corrected chi connectivity index (χ4v) is 6.22. The van der Waals surface area contributed by atoms with E-state index in [1.165, 1.54) is 0 Å². The van der Waals surface area contributed by atoms with Gasteiger partial charge in [-0.25, -0.2) is 0 Å². The molecule has 1 fully saturated rings. The molecule has 2 aromatic rings. The van der Waals surface area contributed by atoms with Crippen LogP contribution < -0.4 is 31.5 Å². The maximum atomic E-state index is 13.6. The molecule has 1 saturated heterocycles. The first-order valence-corrected chi connectivity index (χ1v) is 17.1. The lowest BCUT2D eigenvalue weighted by Gasteiger charge is -2.34. The number of carbonyl (C=O) groups excluding carboxylic acids is 4. The largest absolute Gasteiger partial charge is 0.374 e. The van der Waals surface area contributed by atoms with Crippen molar-refractivity contribution in [2.75, 3.05) is 50.1 Å². The molecule has 1 aliphatic heterocycles. The van der Waals surface area contributed by atoms with Crippen molar-refractivity contribution in [1.29, 1.82) is 0 Å². The molecule has 0 radical (unpaired) electrons. The molecule has 0 saturated carbocycles. The number of pyridine rings is 2. The maximum absolute atomic E-state index is 13.6. The quantitative estimate of drug-likeness (QED) is 0.155. The zero-order chi connectivity index (χ0) is 35.3. The number of nitrogens with zero attached hydrogens (tertiary/aromatic N) is 4. The molecule has 1 aliphatic rings. The Hall–Kier alpha value is -3.90. The second kappa shape index (κ2) is 18.0. The van der Waals surface area contributed by atoms with Crippen LogP contribution in [-0.4, -0.2) is 91.2 Å². The van der Waals surface area contributed by atoms with Gasteiger partial charge in [0.1, 0.15) is 0 Å². The summed E-state index contributed by atoms with van der Waals surface area (Å²) < 4.78 is 0. The van der Waals surface area contributed by atoms with Crippen molar-refractivity contribution in [3.05, 3.63) is 49.1 Å². The van der Waals surface area contributed by atoms with Crippen LogP contribution in [0.1, 0.15) is 72.6 Å². The Morgan fingerprint density at radius 3 is 1.88 bits per heavy atom. The number of hydrogen-bond donors (Lipinski definition) is 4. The number of amides is 2. The number of aromatic nitrogens is 2. The number of nitrogens with two attached hydrogens (primary N) is 1. The number of hydrogen-bond acceptors (Lipinski definition) is 10. The van der Waals surface area contributed by atoms with Crippen LogP contribution >= 0.6 is 0 Å². The molecule has 0 bridgehead atoms. The van der Waals surface area contributed by atoms with E-state index in [2.05, 4.69) is 25.9 Å². The molecule has 264 valence electrons. The third-order valence-electron chi connectivity index (χ3n) is 9.79. The molecule has 4 unspecified atom stereocenters. The molecule has 0 aliphatic carbocycles. The molecule has 2 amide bonds. The first-order chi connectivity index (χ1) is 22.8. The van der Waals surface area contributed by atoms with Gasteiger partial charge in [0, 0.05) is 95.2 Å². The van der Waals surface area contributed by atoms with E-state index in [1.54, 1.807) is 38.6 Å². The van der Waals surface area contributed by atoms with Gasteiger partial charge in [0.05, 0.1) is 17.6 Å². The Bertz CT molecular complexity index is 1340. The highest BCUT2D eigenvalue weighted by Crippen LogP contribution is 2.38. The minimum Gasteiger partial charge on any atom is -0.374 e. The summed E-state index contributed by atoms with van der Waals surface area (Å²) in [5.41, 5.74) is 6.92. The third-order valence-corrected chi connectivity index (χ3v) is 9.79. The number of nitrogens with one attached hydrogen (secondary N) is 3. The molecule has 48 heavy (non-hydrogen) atoms. The summed E-state index contributed by atoms with van der Waals surface area (Å²) in [7, 11) is 3.88. The third kappa shape index (κ3) is 10.8. The zero-order valence-corrected chi connectivity index (χ0v) is 29.6. The number of anilines is 2. The summed E-state index contributed by atoms with van der Waals surface area (Å²) in [6, 6.07) is 6.41. The molecule has 5 N–H and O–H groups in total. The van der Waals surface area contributed by atoms with Crippen LogP contribution in [0.2, 0.25) is 0 Å². The van der Waals surface area contributed by atoms with Crippen LogP contribution in [0.5, 0.6) is 0 Å². The first kappa shape index (κ1) is 38.5. The predicted octanol–water partition coefficient (Wildman–Crippen LogP) is 2.87. The van der Waals surface area contributed by atoms with Crippen LogP contribution in [0.15, 0.2) is 49.1 Å². The normalized spacial score (nSPS) is 19.9. The standard InChI is InChI=1S/C36H56N8O4/c1-26-32(47)33(35(2,3)17-9-19-41-31(46)16-25-44(6)28-13-22-39-23-14-28)42-36(26,4)34(48)29(37)10-7-8-18-40-30(45)15-24-43(5)27-11-20-38-21-12-27/h11-14,20-23,26,29,33,42H,7-10,15-19,24-25,37H2,1-6H3,(H,40,45)(H,41,46). The lowest BCUT2D eigenvalue weighted by atomic mass is 9.76. The molecule has 2 aromatic heterocycles. The molecule has 12 nitrogen and oxygen atoms in total. The highest BCUT2D eigenvalue weighted by atomic mass is 16.2. The highest BCUT2D eigenvalue weighted by Gasteiger charge is 2.56. The van der Waals surface area contributed by atoms with Crippen molar-refractivity contribution in [2.45, 2.75) is 90.3 Å². The Morgan fingerprint density at radius 2 is 1.38 bits per heavy atom. The van der Waals surface area contributed by atoms with E-state index in [-0.39, 0.29) is 23.4 Å². The number of unbranched alkanes of at least 4 members (excludes halogenated alkanes) is 1. The van der Waals surface area contributed by atoms with Crippen LogP contribution in [0.4, 0.5) is 11.4 Å². The van der Waals surface area contributed by atoms with Crippen LogP contribution in [0.3, 0.4) is 0 Å². The first-order valence-electron chi connectivity index (χ1n) is 17.1. The summed E-state index contributed by atoms with van der Waals surface area (Å²) in [4.78, 5) is 63.8. The molecule has 0 spiro atoms. The van der Waals surface area contributed by atoms with E-state index in [9.17, 15) is 19.2 Å². The van der Waals surface area contributed by atoms with Crippen LogP contribution in [0, 0.1) is 11.3 Å². The fraction of sp³-hybridized carbons (Fsp3) is 0.611. The van der Waals surface area contributed by atoms with Crippen molar-refractivity contribution in [1.82, 2.24) is 25.9 Å². The number of ketones is 2. The van der Waals surface area contributed by atoms with Gasteiger partial charge in [-0.3, -0.25) is 34.5 Å². The molecule has 12 heteroatoms. The van der Waals surface area contributed by atoms with Gasteiger partial charge in [-0.1, -0.05) is 20.8 Å². The van der Waals surface area contributed by atoms with Gasteiger partial charge in [0.2, 0.25) is 11.8 Å². The van der Waals surface area contributed by atoms with E-state index in [0.29, 0.717) is 71.1 Å². The second-order valence-corrected chi connectivity index (χ2v) is 13.9. The van der Waals surface area contributed by atoms with Gasteiger partial charge in [0.15, 0.2) is 11.6 Å². The van der Waals surface area contributed by atoms with Crippen molar-refractivity contribution in [3.63, 3.8) is 0 Å². The van der Waals surface area contributed by atoms with Crippen molar-refractivity contribution < 1.29 is 19.2 Å².